The SMILES string of the molecule is NNc1sc(S(=O)(=O)N(CCO)C2CCC2)cc1[N+](=O)[O-]. The van der Waals surface area contributed by atoms with Crippen LogP contribution in [-0.2, 0) is 10.0 Å². The summed E-state index contributed by atoms with van der Waals surface area (Å²) in [6, 6.07) is 0.843. The van der Waals surface area contributed by atoms with Gasteiger partial charge in [-0.2, -0.15) is 4.31 Å². The monoisotopic (exact) mass is 336 g/mol. The van der Waals surface area contributed by atoms with Gasteiger partial charge in [0.1, 0.15) is 4.21 Å². The number of nitrogens with zero attached hydrogens (tertiary/aromatic N) is 2. The third-order valence-electron chi connectivity index (χ3n) is 3.38. The minimum atomic E-state index is -3.88. The maximum atomic E-state index is 12.6. The summed E-state index contributed by atoms with van der Waals surface area (Å²) >= 11 is 0.712. The van der Waals surface area contributed by atoms with E-state index in [2.05, 4.69) is 5.43 Å². The van der Waals surface area contributed by atoms with Gasteiger partial charge in [-0.15, -0.1) is 0 Å². The number of nitrogens with two attached hydrogens (primary N) is 1. The second-order valence-corrected chi connectivity index (χ2v) is 7.77. The number of nitrogen functional groups attached to an aromatic ring is 1. The molecule has 1 heterocycles. The van der Waals surface area contributed by atoms with Crippen molar-refractivity contribution in [2.75, 3.05) is 18.6 Å². The maximum absolute atomic E-state index is 12.6. The van der Waals surface area contributed by atoms with Crippen LogP contribution in [0.5, 0.6) is 0 Å². The first kappa shape index (κ1) is 16.1. The topological polar surface area (TPSA) is 139 Å². The lowest BCUT2D eigenvalue weighted by molar-refractivity contribution is -0.383. The van der Waals surface area contributed by atoms with Crippen LogP contribution in [0.3, 0.4) is 0 Å². The highest BCUT2D eigenvalue weighted by Crippen LogP contribution is 2.39. The molecule has 0 saturated heterocycles. The highest BCUT2D eigenvalue weighted by atomic mass is 32.2. The maximum Gasteiger partial charge on any atom is 0.306 e. The molecule has 21 heavy (non-hydrogen) atoms. The first-order valence-corrected chi connectivity index (χ1v) is 8.55. The average Bonchev–Trinajstić information content (AvgIpc) is 2.81. The number of hydrazine groups is 1. The van der Waals surface area contributed by atoms with Gasteiger partial charge in [0.25, 0.3) is 10.0 Å². The van der Waals surface area contributed by atoms with E-state index in [4.69, 9.17) is 10.9 Å². The zero-order chi connectivity index (χ0) is 15.6. The molecule has 0 amide bonds. The van der Waals surface area contributed by atoms with Gasteiger partial charge >= 0.3 is 5.69 Å². The molecular weight excluding hydrogens is 320 g/mol. The molecule has 0 bridgehead atoms. The normalized spacial score (nSPS) is 16.0. The van der Waals surface area contributed by atoms with E-state index in [1.165, 1.54) is 4.31 Å². The molecule has 0 aliphatic heterocycles. The summed E-state index contributed by atoms with van der Waals surface area (Å²) < 4.78 is 26.3. The Morgan fingerprint density at radius 2 is 2.24 bits per heavy atom. The molecule has 1 aromatic rings. The predicted molar refractivity (Wildman–Crippen MR) is 77.4 cm³/mol. The number of aliphatic hydroxyl groups excluding tert-OH is 1. The number of aliphatic hydroxyl groups is 1. The summed E-state index contributed by atoms with van der Waals surface area (Å²) in [6.07, 6.45) is 2.39. The molecule has 0 aromatic carbocycles. The number of nitro groups is 1. The Labute approximate surface area is 125 Å². The second-order valence-electron chi connectivity index (χ2n) is 4.61. The van der Waals surface area contributed by atoms with E-state index in [0.717, 1.165) is 25.3 Å². The van der Waals surface area contributed by atoms with Crippen molar-refractivity contribution in [3.8, 4) is 0 Å². The van der Waals surface area contributed by atoms with Gasteiger partial charge in [0.05, 0.1) is 11.5 Å². The van der Waals surface area contributed by atoms with Crippen LogP contribution >= 0.6 is 11.3 Å². The van der Waals surface area contributed by atoms with Gasteiger partial charge in [-0.3, -0.25) is 10.1 Å². The van der Waals surface area contributed by atoms with Gasteiger partial charge in [0.2, 0.25) is 0 Å². The summed E-state index contributed by atoms with van der Waals surface area (Å²) in [7, 11) is -3.88. The zero-order valence-electron chi connectivity index (χ0n) is 11.1. The molecule has 118 valence electrons. The molecule has 4 N–H and O–H groups in total. The fraction of sp³-hybridized carbons (Fsp3) is 0.600. The molecule has 0 spiro atoms. The highest BCUT2D eigenvalue weighted by molar-refractivity contribution is 7.91. The summed E-state index contributed by atoms with van der Waals surface area (Å²) in [5.41, 5.74) is 1.77. The molecule has 1 aromatic heterocycles. The van der Waals surface area contributed by atoms with Gasteiger partial charge in [0.15, 0.2) is 5.00 Å². The van der Waals surface area contributed by atoms with Crippen molar-refractivity contribution in [3.05, 3.63) is 16.2 Å². The van der Waals surface area contributed by atoms with Crippen LogP contribution in [0.2, 0.25) is 0 Å². The third kappa shape index (κ3) is 3.01. The van der Waals surface area contributed by atoms with E-state index in [0.29, 0.717) is 11.3 Å². The predicted octanol–water partition coefficient (Wildman–Crippen LogP) is 0.477. The lowest BCUT2D eigenvalue weighted by Gasteiger charge is -2.35. The summed E-state index contributed by atoms with van der Waals surface area (Å²) in [6.45, 7) is -0.324. The molecule has 0 radical (unpaired) electrons. The molecule has 11 heteroatoms. The molecule has 1 aliphatic rings. The number of anilines is 1. The second kappa shape index (κ2) is 6.23. The van der Waals surface area contributed by atoms with Crippen LogP contribution in [0.1, 0.15) is 19.3 Å². The Morgan fingerprint density at radius 1 is 1.57 bits per heavy atom. The lowest BCUT2D eigenvalue weighted by atomic mass is 9.93. The summed E-state index contributed by atoms with van der Waals surface area (Å²) in [4.78, 5) is 10.2. The first-order valence-electron chi connectivity index (χ1n) is 6.29. The molecule has 9 nitrogen and oxygen atoms in total. The van der Waals surface area contributed by atoms with E-state index in [1.807, 2.05) is 0 Å². The van der Waals surface area contributed by atoms with Crippen LogP contribution < -0.4 is 11.3 Å². The van der Waals surface area contributed by atoms with E-state index >= 15 is 0 Å². The van der Waals surface area contributed by atoms with E-state index in [-0.39, 0.29) is 34.1 Å². The van der Waals surface area contributed by atoms with Gasteiger partial charge in [0, 0.05) is 18.7 Å². The average molecular weight is 336 g/mol. The van der Waals surface area contributed by atoms with Crippen molar-refractivity contribution >= 4 is 32.0 Å². The smallest absolute Gasteiger partial charge is 0.306 e. The van der Waals surface area contributed by atoms with Gasteiger partial charge in [-0.05, 0) is 12.8 Å². The quantitative estimate of drug-likeness (QED) is 0.374. The molecular formula is C10H16N4O5S2. The van der Waals surface area contributed by atoms with Gasteiger partial charge in [-0.25, -0.2) is 14.3 Å². The number of nitrogens with one attached hydrogen (secondary N) is 1. The van der Waals surface area contributed by atoms with E-state index < -0.39 is 14.9 Å². The largest absolute Gasteiger partial charge is 0.395 e. The number of hydrogen-bond donors (Lipinski definition) is 3. The van der Waals surface area contributed by atoms with Crippen molar-refractivity contribution in [1.82, 2.24) is 4.31 Å². The van der Waals surface area contributed by atoms with E-state index in [9.17, 15) is 18.5 Å². The fourth-order valence-corrected chi connectivity index (χ4v) is 5.16. The van der Waals surface area contributed by atoms with Gasteiger partial charge < -0.3 is 10.5 Å². The molecule has 1 fully saturated rings. The molecule has 1 aliphatic carbocycles. The molecule has 0 unspecified atom stereocenters. The van der Waals surface area contributed by atoms with Crippen LogP contribution in [-0.4, -0.2) is 41.9 Å². The number of sulfonamides is 1. The van der Waals surface area contributed by atoms with Crippen LogP contribution in [0.4, 0.5) is 10.7 Å². The minimum absolute atomic E-state index is 0.0175. The van der Waals surface area contributed by atoms with Crippen LogP contribution in [0, 0.1) is 10.1 Å². The fourth-order valence-electron chi connectivity index (χ4n) is 2.11. The van der Waals surface area contributed by atoms with Crippen molar-refractivity contribution in [3.63, 3.8) is 0 Å². The van der Waals surface area contributed by atoms with Crippen molar-refractivity contribution in [1.29, 1.82) is 0 Å². The number of rotatable bonds is 7. The molecule has 0 atom stereocenters. The summed E-state index contributed by atoms with van der Waals surface area (Å²) in [5, 5.41) is 19.9. The molecule has 2 rings (SSSR count). The van der Waals surface area contributed by atoms with Crippen LogP contribution in [0.25, 0.3) is 0 Å². The van der Waals surface area contributed by atoms with Crippen molar-refractivity contribution < 1.29 is 18.4 Å². The first-order chi connectivity index (χ1) is 9.91. The standard InChI is InChI=1S/C10H16N4O5S2/c11-12-10-8(14(16)17)6-9(20-10)21(18,19)13(4-5-15)7-2-1-3-7/h6-7,12,15H,1-5,11H2. The summed E-state index contributed by atoms with van der Waals surface area (Å²) in [5.74, 6) is 5.18. The Balaban J connectivity index is 2.39. The lowest BCUT2D eigenvalue weighted by Crippen LogP contribution is -2.45. The minimum Gasteiger partial charge on any atom is -0.395 e. The van der Waals surface area contributed by atoms with Crippen molar-refractivity contribution in [2.45, 2.75) is 29.5 Å². The third-order valence-corrected chi connectivity index (χ3v) is 6.84. The number of thiophene rings is 1. The zero-order valence-corrected chi connectivity index (χ0v) is 12.7. The van der Waals surface area contributed by atoms with Crippen molar-refractivity contribution in [2.24, 2.45) is 5.84 Å². The van der Waals surface area contributed by atoms with E-state index in [1.54, 1.807) is 0 Å². The number of hydrogen-bond acceptors (Lipinski definition) is 8. The van der Waals surface area contributed by atoms with Gasteiger partial charge in [-0.1, -0.05) is 17.8 Å². The Hall–Kier alpha value is -1.27. The van der Waals surface area contributed by atoms with Crippen LogP contribution in [0.15, 0.2) is 10.3 Å². The highest BCUT2D eigenvalue weighted by Gasteiger charge is 2.37. The Morgan fingerprint density at radius 3 is 2.62 bits per heavy atom. The Kier molecular flexibility index (Phi) is 4.78. The molecule has 1 saturated carbocycles. The Bertz CT molecular complexity index is 625.